The monoisotopic (exact) mass is 631 g/mol. The van der Waals surface area contributed by atoms with Gasteiger partial charge < -0.3 is 9.47 Å². The number of ether oxygens (including phenoxy) is 2. The molecule has 0 saturated heterocycles. The average molecular weight is 634 g/mol. The van der Waals surface area contributed by atoms with Crippen molar-refractivity contribution >= 4 is 60.6 Å². The fraction of sp³-hybridized carbons (Fsp3) is 0.222. The minimum atomic E-state index is -0.218. The highest BCUT2D eigenvalue weighted by Gasteiger charge is 2.13. The number of nitrogens with zero attached hydrogens (tertiary/aromatic N) is 3. The van der Waals surface area contributed by atoms with E-state index in [9.17, 15) is 4.79 Å². The second kappa shape index (κ2) is 12.0. The van der Waals surface area contributed by atoms with Crippen LogP contribution in [0.15, 0.2) is 73.4 Å². The normalized spacial score (nSPS) is 11.4. The van der Waals surface area contributed by atoms with E-state index in [4.69, 9.17) is 21.1 Å². The van der Waals surface area contributed by atoms with E-state index in [1.807, 2.05) is 62.4 Å². The topological polar surface area (TPSA) is 65.7 Å². The van der Waals surface area contributed by atoms with Crippen LogP contribution in [0.5, 0.6) is 11.5 Å². The first-order valence-corrected chi connectivity index (χ1v) is 13.4. The summed E-state index contributed by atoms with van der Waals surface area (Å²) in [5.41, 5.74) is 2.16. The molecule has 0 spiro atoms. The third-order valence-electron chi connectivity index (χ3n) is 5.33. The molecule has 36 heavy (non-hydrogen) atoms. The Morgan fingerprint density at radius 1 is 1.03 bits per heavy atom. The molecule has 0 bridgehead atoms. The standard InChI is InChI=1S/C27H24Br2ClN3O3/c1-3-5-26-32-23-11-8-19(28)13-21(23)27(34)33(26)31-15-18-12-24(35-4-2)25(14-22(18)29)36-16-17-6-9-20(30)10-7-17/h6-15H,3-5,16H2,1-2H3. The molecule has 0 aliphatic heterocycles. The van der Waals surface area contributed by atoms with Crippen molar-refractivity contribution in [2.24, 2.45) is 5.10 Å². The Kier molecular flexibility index (Phi) is 8.82. The molecule has 0 aliphatic rings. The molecule has 0 atom stereocenters. The van der Waals surface area contributed by atoms with Crippen LogP contribution in [0.3, 0.4) is 0 Å². The molecule has 0 amide bonds. The van der Waals surface area contributed by atoms with Gasteiger partial charge in [-0.3, -0.25) is 4.79 Å². The molecule has 4 rings (SSSR count). The van der Waals surface area contributed by atoms with Gasteiger partial charge in [0, 0.05) is 26.0 Å². The van der Waals surface area contributed by atoms with Crippen molar-refractivity contribution in [3.63, 3.8) is 0 Å². The molecule has 1 heterocycles. The maximum Gasteiger partial charge on any atom is 0.282 e. The van der Waals surface area contributed by atoms with Gasteiger partial charge in [-0.2, -0.15) is 9.78 Å². The van der Waals surface area contributed by atoms with E-state index in [-0.39, 0.29) is 5.56 Å². The van der Waals surface area contributed by atoms with Gasteiger partial charge >= 0.3 is 0 Å². The Morgan fingerprint density at radius 2 is 1.78 bits per heavy atom. The van der Waals surface area contributed by atoms with Crippen molar-refractivity contribution in [3.05, 3.63) is 95.9 Å². The Morgan fingerprint density at radius 3 is 2.50 bits per heavy atom. The van der Waals surface area contributed by atoms with Crippen LogP contribution in [-0.4, -0.2) is 22.5 Å². The van der Waals surface area contributed by atoms with E-state index in [1.54, 1.807) is 12.3 Å². The lowest BCUT2D eigenvalue weighted by atomic mass is 10.2. The summed E-state index contributed by atoms with van der Waals surface area (Å²) in [6.07, 6.45) is 3.09. The number of benzene rings is 3. The molecule has 3 aromatic carbocycles. The average Bonchev–Trinajstić information content (AvgIpc) is 2.86. The lowest BCUT2D eigenvalue weighted by Crippen LogP contribution is -2.22. The smallest absolute Gasteiger partial charge is 0.282 e. The highest BCUT2D eigenvalue weighted by molar-refractivity contribution is 9.10. The Balaban J connectivity index is 1.68. The zero-order chi connectivity index (χ0) is 25.7. The molecule has 0 aliphatic carbocycles. The number of hydrogen-bond donors (Lipinski definition) is 0. The van der Waals surface area contributed by atoms with Crippen LogP contribution in [0, 0.1) is 0 Å². The van der Waals surface area contributed by atoms with E-state index in [0.29, 0.717) is 52.9 Å². The van der Waals surface area contributed by atoms with Crippen LogP contribution in [-0.2, 0) is 13.0 Å². The largest absolute Gasteiger partial charge is 0.490 e. The Bertz CT molecular complexity index is 1470. The first kappa shape index (κ1) is 26.4. The number of hydrogen-bond acceptors (Lipinski definition) is 5. The molecule has 6 nitrogen and oxygen atoms in total. The lowest BCUT2D eigenvalue weighted by Gasteiger charge is -2.14. The van der Waals surface area contributed by atoms with Crippen molar-refractivity contribution in [1.29, 1.82) is 0 Å². The van der Waals surface area contributed by atoms with Gasteiger partial charge in [-0.25, -0.2) is 4.98 Å². The number of rotatable bonds is 9. The van der Waals surface area contributed by atoms with Gasteiger partial charge in [-0.1, -0.05) is 46.6 Å². The summed E-state index contributed by atoms with van der Waals surface area (Å²) in [5, 5.41) is 5.71. The maximum atomic E-state index is 13.3. The minimum absolute atomic E-state index is 0.218. The van der Waals surface area contributed by atoms with E-state index in [2.05, 4.69) is 41.9 Å². The van der Waals surface area contributed by atoms with Crippen molar-refractivity contribution < 1.29 is 9.47 Å². The molecule has 0 radical (unpaired) electrons. The van der Waals surface area contributed by atoms with E-state index < -0.39 is 0 Å². The van der Waals surface area contributed by atoms with Gasteiger partial charge in [0.2, 0.25) is 0 Å². The van der Waals surface area contributed by atoms with Gasteiger partial charge in [0.05, 0.1) is 23.7 Å². The van der Waals surface area contributed by atoms with Crippen molar-refractivity contribution in [2.75, 3.05) is 6.61 Å². The van der Waals surface area contributed by atoms with Crippen molar-refractivity contribution in [3.8, 4) is 11.5 Å². The van der Waals surface area contributed by atoms with Gasteiger partial charge in [0.25, 0.3) is 5.56 Å². The first-order chi connectivity index (χ1) is 17.4. The molecule has 0 N–H and O–H groups in total. The molecule has 0 saturated carbocycles. The molecule has 0 unspecified atom stereocenters. The lowest BCUT2D eigenvalue weighted by molar-refractivity contribution is 0.269. The van der Waals surface area contributed by atoms with E-state index >= 15 is 0 Å². The fourth-order valence-electron chi connectivity index (χ4n) is 3.59. The molecule has 9 heteroatoms. The number of fused-ring (bicyclic) bond motifs is 1. The molecule has 4 aromatic rings. The highest BCUT2D eigenvalue weighted by Crippen LogP contribution is 2.34. The molecule has 1 aromatic heterocycles. The molecular weight excluding hydrogens is 610 g/mol. The SMILES string of the molecule is CCCc1nc2ccc(Br)cc2c(=O)n1N=Cc1cc(OCC)c(OCc2ccc(Cl)cc2)cc1Br. The van der Waals surface area contributed by atoms with Gasteiger partial charge in [0.15, 0.2) is 11.5 Å². The Hall–Kier alpha value is -2.68. The zero-order valence-electron chi connectivity index (χ0n) is 19.8. The second-order valence-corrected chi connectivity index (χ2v) is 10.2. The van der Waals surface area contributed by atoms with Gasteiger partial charge in [0.1, 0.15) is 12.4 Å². The van der Waals surface area contributed by atoms with Gasteiger partial charge in [-0.15, -0.1) is 0 Å². The summed E-state index contributed by atoms with van der Waals surface area (Å²) >= 11 is 13.0. The van der Waals surface area contributed by atoms with Crippen LogP contribution in [0.2, 0.25) is 5.02 Å². The quantitative estimate of drug-likeness (QED) is 0.180. The summed E-state index contributed by atoms with van der Waals surface area (Å²) in [7, 11) is 0. The minimum Gasteiger partial charge on any atom is -0.490 e. The van der Waals surface area contributed by atoms with Crippen LogP contribution in [0.1, 0.15) is 37.2 Å². The number of halogens is 3. The van der Waals surface area contributed by atoms with E-state index in [1.165, 1.54) is 4.68 Å². The third-order valence-corrected chi connectivity index (χ3v) is 6.76. The fourth-order valence-corrected chi connectivity index (χ4v) is 4.50. The Labute approximate surface area is 231 Å². The van der Waals surface area contributed by atoms with Gasteiger partial charge in [-0.05, 0) is 77.3 Å². The summed E-state index contributed by atoms with van der Waals surface area (Å²) in [4.78, 5) is 18.0. The molecule has 0 fully saturated rings. The number of aromatic nitrogens is 2. The summed E-state index contributed by atoms with van der Waals surface area (Å²) in [6.45, 7) is 4.79. The summed E-state index contributed by atoms with van der Waals surface area (Å²) < 4.78 is 14.8. The molecule has 186 valence electrons. The number of aryl methyl sites for hydroxylation is 1. The van der Waals surface area contributed by atoms with Crippen LogP contribution in [0.4, 0.5) is 0 Å². The highest BCUT2D eigenvalue weighted by atomic mass is 79.9. The summed E-state index contributed by atoms with van der Waals surface area (Å²) in [6, 6.07) is 16.6. The third kappa shape index (κ3) is 6.17. The second-order valence-electron chi connectivity index (χ2n) is 7.97. The van der Waals surface area contributed by atoms with Crippen LogP contribution < -0.4 is 15.0 Å². The van der Waals surface area contributed by atoms with Crippen molar-refractivity contribution in [1.82, 2.24) is 9.66 Å². The first-order valence-electron chi connectivity index (χ1n) is 11.5. The predicted molar refractivity (Wildman–Crippen MR) is 152 cm³/mol. The van der Waals surface area contributed by atoms with E-state index in [0.717, 1.165) is 26.5 Å². The van der Waals surface area contributed by atoms with Crippen LogP contribution >= 0.6 is 43.5 Å². The van der Waals surface area contributed by atoms with Crippen molar-refractivity contribution in [2.45, 2.75) is 33.3 Å². The predicted octanol–water partition coefficient (Wildman–Crippen LogP) is 7.39. The zero-order valence-corrected chi connectivity index (χ0v) is 23.7. The maximum absolute atomic E-state index is 13.3. The van der Waals surface area contributed by atoms with Crippen LogP contribution in [0.25, 0.3) is 10.9 Å². The molecular formula is C27H24Br2ClN3O3. The summed E-state index contributed by atoms with van der Waals surface area (Å²) in [5.74, 6) is 1.78.